The first kappa shape index (κ1) is 14.7. The predicted octanol–water partition coefficient (Wildman–Crippen LogP) is -1.82. The largest absolute Gasteiger partial charge is 0.480 e. The van der Waals surface area contributed by atoms with Crippen LogP contribution in [0.5, 0.6) is 0 Å². The monoisotopic (exact) mass is 262 g/mol. The molecule has 0 aromatic heterocycles. The van der Waals surface area contributed by atoms with Crippen LogP contribution in [-0.4, -0.2) is 89.2 Å². The Balaban J connectivity index is 2.61. The molecule has 0 aromatic carbocycles. The third kappa shape index (κ3) is 3.83. The quantitative estimate of drug-likeness (QED) is 0.538. The Morgan fingerprint density at radius 1 is 1.33 bits per heavy atom. The number of methoxy groups -OCH3 is 1. The molecule has 3 N–H and O–H groups in total. The molecule has 0 saturated carbocycles. The minimum absolute atomic E-state index is 0.00308. The molecule has 1 heterocycles. The number of aliphatic hydroxyl groups excluding tert-OH is 2. The van der Waals surface area contributed by atoms with E-state index >= 15 is 0 Å². The second-order valence-electron chi connectivity index (χ2n) is 4.13. The van der Waals surface area contributed by atoms with Crippen LogP contribution in [0.2, 0.25) is 0 Å². The van der Waals surface area contributed by atoms with Crippen LogP contribution in [0.3, 0.4) is 0 Å². The smallest absolute Gasteiger partial charge is 0.323 e. The highest BCUT2D eigenvalue weighted by atomic mass is 16.5. The molecule has 0 bridgehead atoms. The van der Waals surface area contributed by atoms with Crippen molar-refractivity contribution in [2.24, 2.45) is 0 Å². The van der Waals surface area contributed by atoms with Crippen molar-refractivity contribution in [3.8, 4) is 0 Å². The molecule has 0 spiro atoms. The van der Waals surface area contributed by atoms with Gasteiger partial charge < -0.3 is 29.9 Å². The van der Waals surface area contributed by atoms with Crippen molar-refractivity contribution >= 4 is 12.0 Å². The third-order valence-electron chi connectivity index (χ3n) is 2.69. The number of carbonyl (C=O) groups excluding carboxylic acids is 1. The first-order valence-electron chi connectivity index (χ1n) is 5.56. The average molecular weight is 262 g/mol. The zero-order valence-electron chi connectivity index (χ0n) is 10.2. The van der Waals surface area contributed by atoms with E-state index in [1.807, 2.05) is 0 Å². The fourth-order valence-electron chi connectivity index (χ4n) is 1.73. The zero-order chi connectivity index (χ0) is 13.7. The van der Waals surface area contributed by atoms with Crippen molar-refractivity contribution in [1.29, 1.82) is 0 Å². The van der Waals surface area contributed by atoms with Crippen molar-refractivity contribution < 1.29 is 29.6 Å². The summed E-state index contributed by atoms with van der Waals surface area (Å²) in [6, 6.07) is -0.523. The Labute approximate surface area is 104 Å². The van der Waals surface area contributed by atoms with Crippen LogP contribution < -0.4 is 0 Å². The summed E-state index contributed by atoms with van der Waals surface area (Å²) in [6.45, 7) is -0.0701. The molecule has 104 valence electrons. The van der Waals surface area contributed by atoms with Crippen molar-refractivity contribution in [3.05, 3.63) is 0 Å². The second kappa shape index (κ2) is 6.53. The lowest BCUT2D eigenvalue weighted by atomic mass is 10.3. The van der Waals surface area contributed by atoms with Crippen molar-refractivity contribution in [2.45, 2.75) is 12.2 Å². The van der Waals surface area contributed by atoms with Gasteiger partial charge in [-0.15, -0.1) is 0 Å². The standard InChI is InChI=1S/C10H18N2O6/c1-18-3-2-11(6-9(15)16)10(17)12-4-7(13)8(14)5-12/h7-8,13-14H,2-6H2,1H3,(H,15,16). The molecule has 1 aliphatic rings. The first-order chi connectivity index (χ1) is 8.45. The SMILES string of the molecule is COCCN(CC(=O)O)C(=O)N1CC(O)C(O)C1. The van der Waals surface area contributed by atoms with E-state index in [9.17, 15) is 19.8 Å². The molecule has 1 rings (SSSR count). The molecule has 1 fully saturated rings. The molecule has 18 heavy (non-hydrogen) atoms. The molecule has 1 saturated heterocycles. The molecule has 2 atom stereocenters. The number of rotatable bonds is 5. The Morgan fingerprint density at radius 3 is 2.33 bits per heavy atom. The van der Waals surface area contributed by atoms with Crippen molar-refractivity contribution in [3.63, 3.8) is 0 Å². The number of likely N-dealkylation sites (tertiary alicyclic amines) is 1. The maximum absolute atomic E-state index is 12.0. The number of aliphatic carboxylic acids is 1. The second-order valence-corrected chi connectivity index (χ2v) is 4.13. The summed E-state index contributed by atoms with van der Waals surface area (Å²) in [4.78, 5) is 25.0. The molecular weight excluding hydrogens is 244 g/mol. The number of β-amino-alcohol motifs (C(OH)–C–C–N with tert-alkyl or cyclic N) is 2. The van der Waals surface area contributed by atoms with E-state index in [1.54, 1.807) is 0 Å². The van der Waals surface area contributed by atoms with Gasteiger partial charge in [-0.3, -0.25) is 4.79 Å². The minimum Gasteiger partial charge on any atom is -0.480 e. The van der Waals surface area contributed by atoms with E-state index in [1.165, 1.54) is 12.0 Å². The Hall–Kier alpha value is -1.38. The lowest BCUT2D eigenvalue weighted by molar-refractivity contribution is -0.137. The first-order valence-corrected chi connectivity index (χ1v) is 5.56. The predicted molar refractivity (Wildman–Crippen MR) is 60.1 cm³/mol. The van der Waals surface area contributed by atoms with Gasteiger partial charge >= 0.3 is 12.0 Å². The van der Waals surface area contributed by atoms with Crippen molar-refractivity contribution in [1.82, 2.24) is 9.80 Å². The van der Waals surface area contributed by atoms with Crippen LogP contribution in [-0.2, 0) is 9.53 Å². The molecule has 8 nitrogen and oxygen atoms in total. The third-order valence-corrected chi connectivity index (χ3v) is 2.69. The van der Waals surface area contributed by atoms with E-state index in [4.69, 9.17) is 9.84 Å². The zero-order valence-corrected chi connectivity index (χ0v) is 10.2. The molecule has 1 aliphatic heterocycles. The van der Waals surface area contributed by atoms with Gasteiger partial charge in [-0.05, 0) is 0 Å². The van der Waals surface area contributed by atoms with Crippen LogP contribution >= 0.6 is 0 Å². The lowest BCUT2D eigenvalue weighted by Crippen LogP contribution is -2.46. The average Bonchev–Trinajstić information content (AvgIpc) is 2.63. The van der Waals surface area contributed by atoms with Crippen molar-refractivity contribution in [2.75, 3.05) is 39.9 Å². The summed E-state index contributed by atoms with van der Waals surface area (Å²) < 4.78 is 4.80. The minimum atomic E-state index is -1.13. The van der Waals surface area contributed by atoms with Gasteiger partial charge in [0.1, 0.15) is 6.54 Å². The van der Waals surface area contributed by atoms with Gasteiger partial charge in [0.2, 0.25) is 0 Å². The van der Waals surface area contributed by atoms with E-state index < -0.39 is 30.8 Å². The van der Waals surface area contributed by atoms with Gasteiger partial charge in [0.25, 0.3) is 0 Å². The van der Waals surface area contributed by atoms with Gasteiger partial charge in [0.05, 0.1) is 31.9 Å². The molecule has 8 heteroatoms. The van der Waals surface area contributed by atoms with E-state index in [0.717, 1.165) is 4.90 Å². The summed E-state index contributed by atoms with van der Waals surface area (Å²) in [5, 5.41) is 27.4. The number of urea groups is 1. The number of amides is 2. The topological polar surface area (TPSA) is 111 Å². The lowest BCUT2D eigenvalue weighted by Gasteiger charge is -2.26. The van der Waals surface area contributed by atoms with Crippen LogP contribution in [0.25, 0.3) is 0 Å². The molecular formula is C10H18N2O6. The van der Waals surface area contributed by atoms with Crippen LogP contribution in [0.15, 0.2) is 0 Å². The summed E-state index contributed by atoms with van der Waals surface area (Å²) in [5.41, 5.74) is 0. The van der Waals surface area contributed by atoms with Crippen LogP contribution in [0.1, 0.15) is 0 Å². The Bertz CT molecular complexity index is 301. The summed E-state index contributed by atoms with van der Waals surface area (Å²) >= 11 is 0. The van der Waals surface area contributed by atoms with Gasteiger partial charge in [-0.25, -0.2) is 4.79 Å². The fourth-order valence-corrected chi connectivity index (χ4v) is 1.73. The molecule has 0 radical (unpaired) electrons. The summed E-state index contributed by atoms with van der Waals surface area (Å²) in [6.07, 6.45) is -1.97. The fraction of sp³-hybridized carbons (Fsp3) is 0.800. The number of hydrogen-bond donors (Lipinski definition) is 3. The summed E-state index contributed by atoms with van der Waals surface area (Å²) in [7, 11) is 1.45. The molecule has 0 aliphatic carbocycles. The molecule has 0 aromatic rings. The van der Waals surface area contributed by atoms with Gasteiger partial charge in [0.15, 0.2) is 0 Å². The number of hydrogen-bond acceptors (Lipinski definition) is 5. The van der Waals surface area contributed by atoms with Crippen LogP contribution in [0.4, 0.5) is 4.79 Å². The van der Waals surface area contributed by atoms with E-state index in [0.29, 0.717) is 0 Å². The maximum Gasteiger partial charge on any atom is 0.323 e. The Morgan fingerprint density at radius 2 is 1.89 bits per heavy atom. The highest BCUT2D eigenvalue weighted by Crippen LogP contribution is 2.12. The molecule has 2 unspecified atom stereocenters. The number of ether oxygens (including phenoxy) is 1. The normalized spacial score (nSPS) is 23.2. The van der Waals surface area contributed by atoms with Gasteiger partial charge in [0, 0.05) is 13.7 Å². The number of carboxylic acid groups (broad SMARTS) is 1. The number of aliphatic hydroxyl groups is 2. The maximum atomic E-state index is 12.0. The number of carbonyl (C=O) groups is 2. The number of nitrogens with zero attached hydrogens (tertiary/aromatic N) is 2. The van der Waals surface area contributed by atoms with E-state index in [-0.39, 0.29) is 26.2 Å². The highest BCUT2D eigenvalue weighted by molar-refractivity contribution is 5.80. The summed E-state index contributed by atoms with van der Waals surface area (Å²) in [5.74, 6) is -1.13. The molecule has 2 amide bonds. The van der Waals surface area contributed by atoms with E-state index in [2.05, 4.69) is 0 Å². The van der Waals surface area contributed by atoms with Gasteiger partial charge in [-0.1, -0.05) is 0 Å². The number of carboxylic acids is 1. The van der Waals surface area contributed by atoms with Crippen LogP contribution in [0, 0.1) is 0 Å². The van der Waals surface area contributed by atoms with Gasteiger partial charge in [-0.2, -0.15) is 0 Å². The Kier molecular flexibility index (Phi) is 5.32. The highest BCUT2D eigenvalue weighted by Gasteiger charge is 2.34.